The molecule has 0 aliphatic rings. The molecule has 0 spiro atoms. The molecule has 2 rings (SSSR count). The molecule has 0 radical (unpaired) electrons. The van der Waals surface area contributed by atoms with Gasteiger partial charge in [-0.05, 0) is 26.0 Å². The molecule has 0 saturated heterocycles. The maximum Gasteiger partial charge on any atom is 0.224 e. The molecule has 17 heavy (non-hydrogen) atoms. The summed E-state index contributed by atoms with van der Waals surface area (Å²) in [7, 11) is 1.81. The van der Waals surface area contributed by atoms with Crippen LogP contribution in [0.2, 0.25) is 0 Å². The van der Waals surface area contributed by atoms with E-state index >= 15 is 0 Å². The first-order valence-corrected chi connectivity index (χ1v) is 5.54. The van der Waals surface area contributed by atoms with Gasteiger partial charge < -0.3 is 10.6 Å². The van der Waals surface area contributed by atoms with Crippen LogP contribution in [-0.4, -0.2) is 17.0 Å². The molecular weight excluding hydrogens is 212 g/mol. The number of aryl methyl sites for hydroxylation is 2. The maximum absolute atomic E-state index is 4.38. The molecule has 88 valence electrons. The Morgan fingerprint density at radius 1 is 1.06 bits per heavy atom. The Morgan fingerprint density at radius 2 is 1.76 bits per heavy atom. The van der Waals surface area contributed by atoms with Gasteiger partial charge in [0.2, 0.25) is 5.95 Å². The summed E-state index contributed by atoms with van der Waals surface area (Å²) in [6.45, 7) is 4.05. The highest BCUT2D eigenvalue weighted by Crippen LogP contribution is 2.19. The SMILES string of the molecule is CNc1ncc(C)c(Nc2ccc(C)cc2)n1. The van der Waals surface area contributed by atoms with Crippen LogP contribution < -0.4 is 10.6 Å². The summed E-state index contributed by atoms with van der Waals surface area (Å²) in [5.41, 5.74) is 3.29. The number of nitrogens with zero attached hydrogens (tertiary/aromatic N) is 2. The van der Waals surface area contributed by atoms with E-state index < -0.39 is 0 Å². The molecule has 0 aliphatic heterocycles. The molecule has 1 heterocycles. The number of hydrogen-bond donors (Lipinski definition) is 2. The molecule has 1 aromatic carbocycles. The van der Waals surface area contributed by atoms with E-state index in [4.69, 9.17) is 0 Å². The highest BCUT2D eigenvalue weighted by molar-refractivity contribution is 5.60. The minimum atomic E-state index is 0.616. The number of benzene rings is 1. The van der Waals surface area contributed by atoms with Gasteiger partial charge in [0.1, 0.15) is 5.82 Å². The van der Waals surface area contributed by atoms with Crippen molar-refractivity contribution in [3.8, 4) is 0 Å². The molecule has 0 unspecified atom stereocenters. The molecule has 0 bridgehead atoms. The van der Waals surface area contributed by atoms with E-state index in [0.717, 1.165) is 17.1 Å². The number of aromatic nitrogens is 2. The third-order valence-electron chi connectivity index (χ3n) is 2.51. The smallest absolute Gasteiger partial charge is 0.224 e. The summed E-state index contributed by atoms with van der Waals surface area (Å²) in [6.07, 6.45) is 1.80. The lowest BCUT2D eigenvalue weighted by Gasteiger charge is -2.09. The summed E-state index contributed by atoms with van der Waals surface area (Å²) in [6, 6.07) is 8.21. The van der Waals surface area contributed by atoms with Crippen molar-refractivity contribution < 1.29 is 0 Å². The van der Waals surface area contributed by atoms with Crippen LogP contribution in [-0.2, 0) is 0 Å². The number of hydrogen-bond acceptors (Lipinski definition) is 4. The monoisotopic (exact) mass is 228 g/mol. The van der Waals surface area contributed by atoms with Crippen molar-refractivity contribution in [3.63, 3.8) is 0 Å². The predicted octanol–water partition coefficient (Wildman–Crippen LogP) is 2.88. The molecule has 1 aromatic heterocycles. The van der Waals surface area contributed by atoms with E-state index in [-0.39, 0.29) is 0 Å². The lowest BCUT2D eigenvalue weighted by molar-refractivity contribution is 1.12. The Balaban J connectivity index is 2.25. The minimum absolute atomic E-state index is 0.616. The average Bonchev–Trinajstić information content (AvgIpc) is 2.35. The van der Waals surface area contributed by atoms with Crippen LogP contribution in [0.5, 0.6) is 0 Å². The first-order valence-electron chi connectivity index (χ1n) is 5.54. The summed E-state index contributed by atoms with van der Waals surface area (Å²) in [5, 5.41) is 6.21. The van der Waals surface area contributed by atoms with Crippen molar-refractivity contribution in [2.75, 3.05) is 17.7 Å². The second-order valence-corrected chi connectivity index (χ2v) is 3.97. The largest absolute Gasteiger partial charge is 0.357 e. The first-order chi connectivity index (χ1) is 8.19. The van der Waals surface area contributed by atoms with Crippen LogP contribution in [0.25, 0.3) is 0 Å². The van der Waals surface area contributed by atoms with Gasteiger partial charge in [-0.2, -0.15) is 4.98 Å². The van der Waals surface area contributed by atoms with Crippen LogP contribution >= 0.6 is 0 Å². The van der Waals surface area contributed by atoms with E-state index in [9.17, 15) is 0 Å². The lowest BCUT2D eigenvalue weighted by atomic mass is 10.2. The Kier molecular flexibility index (Phi) is 3.23. The van der Waals surface area contributed by atoms with E-state index in [1.54, 1.807) is 13.2 Å². The molecule has 0 amide bonds. The Morgan fingerprint density at radius 3 is 2.41 bits per heavy atom. The molecular formula is C13H16N4. The van der Waals surface area contributed by atoms with Crippen molar-refractivity contribution in [1.29, 1.82) is 0 Å². The highest BCUT2D eigenvalue weighted by Gasteiger charge is 2.02. The second-order valence-electron chi connectivity index (χ2n) is 3.97. The van der Waals surface area contributed by atoms with Crippen molar-refractivity contribution >= 4 is 17.5 Å². The topological polar surface area (TPSA) is 49.8 Å². The second kappa shape index (κ2) is 4.82. The molecule has 2 N–H and O–H groups in total. The Bertz CT molecular complexity index is 505. The molecule has 4 heteroatoms. The van der Waals surface area contributed by atoms with Gasteiger partial charge >= 0.3 is 0 Å². The zero-order valence-electron chi connectivity index (χ0n) is 10.3. The molecule has 0 fully saturated rings. The lowest BCUT2D eigenvalue weighted by Crippen LogP contribution is -2.02. The van der Waals surface area contributed by atoms with Gasteiger partial charge in [-0.3, -0.25) is 0 Å². The van der Waals surface area contributed by atoms with Crippen LogP contribution in [0.4, 0.5) is 17.5 Å². The van der Waals surface area contributed by atoms with Crippen molar-refractivity contribution in [2.45, 2.75) is 13.8 Å². The normalized spacial score (nSPS) is 10.1. The molecule has 0 saturated carbocycles. The first kappa shape index (κ1) is 11.4. The maximum atomic E-state index is 4.38. The van der Waals surface area contributed by atoms with Gasteiger partial charge in [0.05, 0.1) is 0 Å². The summed E-state index contributed by atoms with van der Waals surface area (Å²) in [5.74, 6) is 1.44. The van der Waals surface area contributed by atoms with Gasteiger partial charge in [0.25, 0.3) is 0 Å². The zero-order chi connectivity index (χ0) is 12.3. The fraction of sp³-hybridized carbons (Fsp3) is 0.231. The third-order valence-corrected chi connectivity index (χ3v) is 2.51. The van der Waals surface area contributed by atoms with Gasteiger partial charge in [-0.15, -0.1) is 0 Å². The van der Waals surface area contributed by atoms with Crippen LogP contribution in [0, 0.1) is 13.8 Å². The van der Waals surface area contributed by atoms with Gasteiger partial charge in [0.15, 0.2) is 0 Å². The van der Waals surface area contributed by atoms with Gasteiger partial charge in [0, 0.05) is 24.5 Å². The van der Waals surface area contributed by atoms with Crippen molar-refractivity contribution in [2.24, 2.45) is 0 Å². The number of anilines is 3. The number of rotatable bonds is 3. The minimum Gasteiger partial charge on any atom is -0.357 e. The standard InChI is InChI=1S/C13H16N4/c1-9-4-6-11(7-5-9)16-12-10(2)8-15-13(14-3)17-12/h4-8H,1-3H3,(H2,14,15,16,17). The van der Waals surface area contributed by atoms with Crippen LogP contribution in [0.15, 0.2) is 30.5 Å². The Hall–Kier alpha value is -2.10. The third kappa shape index (κ3) is 2.72. The summed E-state index contributed by atoms with van der Waals surface area (Å²) < 4.78 is 0. The predicted molar refractivity (Wildman–Crippen MR) is 70.8 cm³/mol. The van der Waals surface area contributed by atoms with Crippen LogP contribution in [0.3, 0.4) is 0 Å². The van der Waals surface area contributed by atoms with E-state index in [1.807, 2.05) is 19.1 Å². The molecule has 0 atom stereocenters. The highest BCUT2D eigenvalue weighted by atomic mass is 15.1. The fourth-order valence-corrected chi connectivity index (χ4v) is 1.46. The van der Waals surface area contributed by atoms with Crippen molar-refractivity contribution in [3.05, 3.63) is 41.6 Å². The molecule has 4 nitrogen and oxygen atoms in total. The Labute approximate surface area is 101 Å². The number of nitrogens with one attached hydrogen (secondary N) is 2. The van der Waals surface area contributed by atoms with Gasteiger partial charge in [-0.1, -0.05) is 17.7 Å². The zero-order valence-corrected chi connectivity index (χ0v) is 10.3. The van der Waals surface area contributed by atoms with Crippen molar-refractivity contribution in [1.82, 2.24) is 9.97 Å². The average molecular weight is 228 g/mol. The fourth-order valence-electron chi connectivity index (χ4n) is 1.46. The molecule has 0 aliphatic carbocycles. The van der Waals surface area contributed by atoms with E-state index in [1.165, 1.54) is 5.56 Å². The summed E-state index contributed by atoms with van der Waals surface area (Å²) >= 11 is 0. The van der Waals surface area contributed by atoms with E-state index in [2.05, 4.69) is 39.7 Å². The van der Waals surface area contributed by atoms with Gasteiger partial charge in [-0.25, -0.2) is 4.98 Å². The quantitative estimate of drug-likeness (QED) is 0.848. The molecule has 2 aromatic rings. The van der Waals surface area contributed by atoms with Crippen LogP contribution in [0.1, 0.15) is 11.1 Å². The van der Waals surface area contributed by atoms with E-state index in [0.29, 0.717) is 5.95 Å². The summed E-state index contributed by atoms with van der Waals surface area (Å²) in [4.78, 5) is 8.53.